The summed E-state index contributed by atoms with van der Waals surface area (Å²) in [5.41, 5.74) is 4.18. The molecule has 0 radical (unpaired) electrons. The van der Waals surface area contributed by atoms with Crippen molar-refractivity contribution in [1.29, 1.82) is 0 Å². The fourth-order valence-corrected chi connectivity index (χ4v) is 2.16. The molecular weight excluding hydrogens is 244 g/mol. The quantitative estimate of drug-likeness (QED) is 0.897. The summed E-state index contributed by atoms with van der Waals surface area (Å²) in [6.07, 6.45) is 3.67. The van der Waals surface area contributed by atoms with Gasteiger partial charge in [-0.25, -0.2) is 0 Å². The van der Waals surface area contributed by atoms with Gasteiger partial charge in [-0.3, -0.25) is 4.98 Å². The van der Waals surface area contributed by atoms with Crippen molar-refractivity contribution >= 4 is 0 Å². The minimum Gasteiger partial charge on any atom is -0.306 e. The molecule has 1 atom stereocenters. The van der Waals surface area contributed by atoms with E-state index in [1.54, 1.807) is 0 Å². The Balaban J connectivity index is 1.97. The summed E-state index contributed by atoms with van der Waals surface area (Å²) >= 11 is 0. The van der Waals surface area contributed by atoms with E-state index in [-0.39, 0.29) is 5.41 Å². The highest BCUT2D eigenvalue weighted by molar-refractivity contribution is 5.29. The van der Waals surface area contributed by atoms with Crippen molar-refractivity contribution < 1.29 is 0 Å². The first-order valence-electron chi connectivity index (χ1n) is 7.19. The molecule has 0 saturated carbocycles. The second-order valence-electron chi connectivity index (χ2n) is 6.33. The van der Waals surface area contributed by atoms with E-state index >= 15 is 0 Å². The van der Waals surface area contributed by atoms with E-state index in [1.165, 1.54) is 16.7 Å². The number of hydrogen-bond donors (Lipinski definition) is 1. The van der Waals surface area contributed by atoms with Crippen molar-refractivity contribution in [3.63, 3.8) is 0 Å². The average molecular weight is 268 g/mol. The smallest absolute Gasteiger partial charge is 0.0294 e. The second-order valence-corrected chi connectivity index (χ2v) is 6.33. The first-order chi connectivity index (χ1) is 9.47. The van der Waals surface area contributed by atoms with Crippen LogP contribution in [0.25, 0.3) is 0 Å². The zero-order valence-electron chi connectivity index (χ0n) is 12.9. The molecule has 2 nitrogen and oxygen atoms in total. The summed E-state index contributed by atoms with van der Waals surface area (Å²) in [7, 11) is 0. The summed E-state index contributed by atoms with van der Waals surface area (Å²) in [6.45, 7) is 9.80. The Bertz CT molecular complexity index is 524. The van der Waals surface area contributed by atoms with Crippen molar-refractivity contribution in [3.8, 4) is 0 Å². The van der Waals surface area contributed by atoms with Gasteiger partial charge < -0.3 is 5.32 Å². The Morgan fingerprint density at radius 2 is 1.60 bits per heavy atom. The van der Waals surface area contributed by atoms with Gasteiger partial charge in [-0.1, -0.05) is 45.0 Å². The van der Waals surface area contributed by atoms with Gasteiger partial charge in [0.25, 0.3) is 0 Å². The number of aromatic nitrogens is 1. The molecule has 0 aliphatic rings. The topological polar surface area (TPSA) is 24.9 Å². The van der Waals surface area contributed by atoms with E-state index in [0.717, 1.165) is 6.54 Å². The molecule has 1 aromatic carbocycles. The van der Waals surface area contributed by atoms with Crippen molar-refractivity contribution in [1.82, 2.24) is 10.3 Å². The molecule has 0 spiro atoms. The average Bonchev–Trinajstić information content (AvgIpc) is 2.45. The van der Waals surface area contributed by atoms with E-state index in [9.17, 15) is 0 Å². The fourth-order valence-electron chi connectivity index (χ4n) is 2.16. The number of benzene rings is 1. The van der Waals surface area contributed by atoms with Crippen molar-refractivity contribution in [2.45, 2.75) is 45.7 Å². The largest absolute Gasteiger partial charge is 0.306 e. The third kappa shape index (κ3) is 3.91. The van der Waals surface area contributed by atoms with Crippen LogP contribution in [-0.2, 0) is 12.0 Å². The summed E-state index contributed by atoms with van der Waals surface area (Å²) in [4.78, 5) is 4.04. The van der Waals surface area contributed by atoms with E-state index < -0.39 is 0 Å². The zero-order valence-corrected chi connectivity index (χ0v) is 12.9. The molecule has 2 aromatic rings. The molecule has 106 valence electrons. The summed E-state index contributed by atoms with van der Waals surface area (Å²) in [5.74, 6) is 0. The zero-order chi connectivity index (χ0) is 14.6. The summed E-state index contributed by atoms with van der Waals surface area (Å²) < 4.78 is 0. The molecule has 1 unspecified atom stereocenters. The van der Waals surface area contributed by atoms with Crippen LogP contribution in [0.1, 0.15) is 50.4 Å². The first-order valence-corrected chi connectivity index (χ1v) is 7.19. The van der Waals surface area contributed by atoms with Crippen LogP contribution in [0.2, 0.25) is 0 Å². The van der Waals surface area contributed by atoms with Crippen LogP contribution in [0.15, 0.2) is 48.8 Å². The Hall–Kier alpha value is -1.67. The number of nitrogens with one attached hydrogen (secondary N) is 1. The monoisotopic (exact) mass is 268 g/mol. The van der Waals surface area contributed by atoms with Crippen LogP contribution in [0.3, 0.4) is 0 Å². The van der Waals surface area contributed by atoms with Crippen LogP contribution in [-0.4, -0.2) is 4.98 Å². The van der Waals surface area contributed by atoms with Gasteiger partial charge in [0.2, 0.25) is 0 Å². The molecule has 0 aliphatic carbocycles. The molecule has 1 N–H and O–H groups in total. The summed E-state index contributed by atoms with van der Waals surface area (Å²) in [6, 6.07) is 13.4. The van der Waals surface area contributed by atoms with Crippen LogP contribution in [0, 0.1) is 0 Å². The highest BCUT2D eigenvalue weighted by Gasteiger charge is 2.13. The maximum absolute atomic E-state index is 4.04. The molecule has 1 aromatic heterocycles. The normalized spacial score (nSPS) is 13.2. The van der Waals surface area contributed by atoms with E-state index in [0.29, 0.717) is 6.04 Å². The van der Waals surface area contributed by atoms with Gasteiger partial charge >= 0.3 is 0 Å². The molecule has 1 heterocycles. The van der Waals surface area contributed by atoms with Gasteiger partial charge in [0.15, 0.2) is 0 Å². The van der Waals surface area contributed by atoms with Crippen LogP contribution in [0.5, 0.6) is 0 Å². The SMILES string of the molecule is CC(NCc1ccncc1)c1ccc(C(C)(C)C)cc1. The Labute approximate surface area is 122 Å². The van der Waals surface area contributed by atoms with Crippen molar-refractivity contribution in [2.24, 2.45) is 0 Å². The lowest BCUT2D eigenvalue weighted by atomic mass is 9.86. The lowest BCUT2D eigenvalue weighted by Crippen LogP contribution is -2.18. The van der Waals surface area contributed by atoms with Crippen molar-refractivity contribution in [3.05, 3.63) is 65.5 Å². The van der Waals surface area contributed by atoms with Gasteiger partial charge in [-0.15, -0.1) is 0 Å². The highest BCUT2D eigenvalue weighted by atomic mass is 14.9. The van der Waals surface area contributed by atoms with Crippen molar-refractivity contribution in [2.75, 3.05) is 0 Å². The Morgan fingerprint density at radius 1 is 1.00 bits per heavy atom. The molecule has 0 amide bonds. The van der Waals surface area contributed by atoms with Crippen LogP contribution in [0.4, 0.5) is 0 Å². The Morgan fingerprint density at radius 3 is 2.15 bits per heavy atom. The third-order valence-electron chi connectivity index (χ3n) is 3.64. The molecule has 0 bridgehead atoms. The number of hydrogen-bond acceptors (Lipinski definition) is 2. The number of pyridine rings is 1. The molecular formula is C18H24N2. The number of rotatable bonds is 4. The lowest BCUT2D eigenvalue weighted by molar-refractivity contribution is 0.569. The highest BCUT2D eigenvalue weighted by Crippen LogP contribution is 2.23. The maximum atomic E-state index is 4.04. The van der Waals surface area contributed by atoms with Crippen LogP contribution >= 0.6 is 0 Å². The van der Waals surface area contributed by atoms with E-state index in [4.69, 9.17) is 0 Å². The van der Waals surface area contributed by atoms with Gasteiger partial charge in [0.05, 0.1) is 0 Å². The van der Waals surface area contributed by atoms with Gasteiger partial charge in [0, 0.05) is 25.0 Å². The van der Waals surface area contributed by atoms with E-state index in [1.807, 2.05) is 24.5 Å². The lowest BCUT2D eigenvalue weighted by Gasteiger charge is -2.20. The third-order valence-corrected chi connectivity index (χ3v) is 3.64. The minimum atomic E-state index is 0.215. The first kappa shape index (κ1) is 14.7. The molecule has 0 saturated heterocycles. The van der Waals surface area contributed by atoms with Gasteiger partial charge in [-0.2, -0.15) is 0 Å². The van der Waals surface area contributed by atoms with Gasteiger partial charge in [0.1, 0.15) is 0 Å². The number of nitrogens with zero attached hydrogens (tertiary/aromatic N) is 1. The van der Waals surface area contributed by atoms with E-state index in [2.05, 4.69) is 62.3 Å². The standard InChI is InChI=1S/C18H24N2/c1-14(20-13-15-9-11-19-12-10-15)16-5-7-17(8-6-16)18(2,3)4/h5-12,14,20H,13H2,1-4H3. The molecule has 0 fully saturated rings. The molecule has 20 heavy (non-hydrogen) atoms. The predicted octanol–water partition coefficient (Wildman–Crippen LogP) is 4.23. The Kier molecular flexibility index (Phi) is 4.56. The second kappa shape index (κ2) is 6.19. The summed E-state index contributed by atoms with van der Waals surface area (Å²) in [5, 5.41) is 3.55. The molecule has 2 heteroatoms. The maximum Gasteiger partial charge on any atom is 0.0294 e. The minimum absolute atomic E-state index is 0.215. The fraction of sp³-hybridized carbons (Fsp3) is 0.389. The van der Waals surface area contributed by atoms with Crippen LogP contribution < -0.4 is 5.32 Å². The molecule has 2 rings (SSSR count). The molecule has 0 aliphatic heterocycles. The van der Waals surface area contributed by atoms with Gasteiger partial charge in [-0.05, 0) is 41.2 Å². The predicted molar refractivity (Wildman–Crippen MR) is 84.6 cm³/mol.